The lowest BCUT2D eigenvalue weighted by molar-refractivity contribution is 0.0375. The fraction of sp³-hybridized carbons (Fsp3) is 0.647. The zero-order valence-electron chi connectivity index (χ0n) is 11.7. The van der Waals surface area contributed by atoms with Gasteiger partial charge in [0.2, 0.25) is 0 Å². The predicted octanol–water partition coefficient (Wildman–Crippen LogP) is 4.33. The highest BCUT2D eigenvalue weighted by atomic mass is 15.2. The van der Waals surface area contributed by atoms with Gasteiger partial charge in [0.25, 0.3) is 0 Å². The molecule has 2 fully saturated rings. The molecule has 1 aliphatic heterocycles. The maximum absolute atomic E-state index is 3.70. The summed E-state index contributed by atoms with van der Waals surface area (Å²) in [5, 5.41) is 0. The SMILES string of the molecule is C=C/C=C/C=C/C1CCC2CCCCC2N1CC. The van der Waals surface area contributed by atoms with Crippen molar-refractivity contribution in [3.05, 3.63) is 37.0 Å². The van der Waals surface area contributed by atoms with E-state index >= 15 is 0 Å². The molecule has 1 nitrogen and oxygen atoms in total. The topological polar surface area (TPSA) is 3.24 Å². The molecule has 1 saturated carbocycles. The molecule has 0 aromatic carbocycles. The fourth-order valence-electron chi connectivity index (χ4n) is 3.77. The Morgan fingerprint density at radius 2 is 1.89 bits per heavy atom. The molecule has 2 aliphatic rings. The number of rotatable bonds is 4. The monoisotopic (exact) mass is 245 g/mol. The number of hydrogen-bond donors (Lipinski definition) is 0. The van der Waals surface area contributed by atoms with Gasteiger partial charge in [-0.2, -0.15) is 0 Å². The second kappa shape index (κ2) is 6.94. The van der Waals surface area contributed by atoms with E-state index in [4.69, 9.17) is 0 Å². The van der Waals surface area contributed by atoms with Gasteiger partial charge >= 0.3 is 0 Å². The minimum Gasteiger partial charge on any atom is -0.294 e. The highest BCUT2D eigenvalue weighted by Gasteiger charge is 2.36. The molecule has 1 aliphatic carbocycles. The Morgan fingerprint density at radius 3 is 2.67 bits per heavy atom. The van der Waals surface area contributed by atoms with Gasteiger partial charge < -0.3 is 0 Å². The van der Waals surface area contributed by atoms with Crippen LogP contribution in [0.3, 0.4) is 0 Å². The number of allylic oxidation sites excluding steroid dienone is 4. The van der Waals surface area contributed by atoms with Crippen LogP contribution in [0.1, 0.15) is 45.4 Å². The molecule has 0 amide bonds. The number of fused-ring (bicyclic) bond motifs is 1. The normalized spacial score (nSPS) is 33.9. The van der Waals surface area contributed by atoms with Crippen molar-refractivity contribution in [1.29, 1.82) is 0 Å². The molecular weight excluding hydrogens is 218 g/mol. The van der Waals surface area contributed by atoms with Crippen molar-refractivity contribution in [2.75, 3.05) is 6.54 Å². The summed E-state index contributed by atoms with van der Waals surface area (Å²) in [6.07, 6.45) is 19.1. The maximum Gasteiger partial charge on any atom is 0.0284 e. The molecule has 0 aromatic heterocycles. The average Bonchev–Trinajstić information content (AvgIpc) is 2.43. The average molecular weight is 245 g/mol. The van der Waals surface area contributed by atoms with E-state index in [1.807, 2.05) is 12.2 Å². The first-order valence-electron chi connectivity index (χ1n) is 7.58. The van der Waals surface area contributed by atoms with Crippen molar-refractivity contribution < 1.29 is 0 Å². The molecule has 0 radical (unpaired) electrons. The van der Waals surface area contributed by atoms with Crippen molar-refractivity contribution in [3.8, 4) is 0 Å². The van der Waals surface area contributed by atoms with Crippen LogP contribution in [-0.4, -0.2) is 23.5 Å². The smallest absolute Gasteiger partial charge is 0.0284 e. The maximum atomic E-state index is 3.70. The highest BCUT2D eigenvalue weighted by Crippen LogP contribution is 2.37. The highest BCUT2D eigenvalue weighted by molar-refractivity contribution is 5.12. The van der Waals surface area contributed by atoms with E-state index in [0.717, 1.165) is 12.0 Å². The molecule has 3 unspecified atom stereocenters. The minimum absolute atomic E-state index is 0.656. The third kappa shape index (κ3) is 3.14. The Labute approximate surface area is 112 Å². The standard InChI is InChI=1S/C17H27N/c1-3-5-6-7-11-16-14-13-15-10-8-9-12-17(15)18(16)4-2/h3,5-7,11,15-17H,1,4,8-10,12-14H2,2H3/b6-5+,11-7+. The summed E-state index contributed by atoms with van der Waals surface area (Å²) < 4.78 is 0. The van der Waals surface area contributed by atoms with Crippen LogP contribution in [0.25, 0.3) is 0 Å². The van der Waals surface area contributed by atoms with E-state index < -0.39 is 0 Å². The summed E-state index contributed by atoms with van der Waals surface area (Å²) in [6.45, 7) is 7.21. The lowest BCUT2D eigenvalue weighted by atomic mass is 9.76. The Balaban J connectivity index is 2.00. The molecule has 1 heteroatoms. The van der Waals surface area contributed by atoms with E-state index in [-0.39, 0.29) is 0 Å². The number of likely N-dealkylation sites (N-methyl/N-ethyl adjacent to an activating group) is 1. The molecule has 1 heterocycles. The van der Waals surface area contributed by atoms with Gasteiger partial charge in [0, 0.05) is 12.1 Å². The second-order valence-corrected chi connectivity index (χ2v) is 5.59. The molecule has 2 rings (SSSR count). The molecule has 0 aromatic rings. The molecule has 1 saturated heterocycles. The van der Waals surface area contributed by atoms with Crippen molar-refractivity contribution in [1.82, 2.24) is 4.90 Å². The molecule has 0 N–H and O–H groups in total. The molecule has 0 spiro atoms. The van der Waals surface area contributed by atoms with Gasteiger partial charge in [-0.3, -0.25) is 4.90 Å². The van der Waals surface area contributed by atoms with Crippen molar-refractivity contribution in [3.63, 3.8) is 0 Å². The third-order valence-corrected chi connectivity index (χ3v) is 4.61. The fourth-order valence-corrected chi connectivity index (χ4v) is 3.77. The first-order chi connectivity index (χ1) is 8.86. The molecule has 3 atom stereocenters. The lowest BCUT2D eigenvalue weighted by Gasteiger charge is -2.47. The van der Waals surface area contributed by atoms with E-state index in [1.165, 1.54) is 45.1 Å². The third-order valence-electron chi connectivity index (χ3n) is 4.61. The van der Waals surface area contributed by atoms with Crippen LogP contribution >= 0.6 is 0 Å². The lowest BCUT2D eigenvalue weighted by Crippen LogP contribution is -2.51. The van der Waals surface area contributed by atoms with Crippen LogP contribution in [0.2, 0.25) is 0 Å². The van der Waals surface area contributed by atoms with Crippen LogP contribution in [0.5, 0.6) is 0 Å². The first-order valence-corrected chi connectivity index (χ1v) is 7.58. The van der Waals surface area contributed by atoms with Gasteiger partial charge in [0.1, 0.15) is 0 Å². The summed E-state index contributed by atoms with van der Waals surface area (Å²) >= 11 is 0. The molecule has 18 heavy (non-hydrogen) atoms. The van der Waals surface area contributed by atoms with Crippen molar-refractivity contribution >= 4 is 0 Å². The van der Waals surface area contributed by atoms with E-state index in [1.54, 1.807) is 0 Å². The summed E-state index contributed by atoms with van der Waals surface area (Å²) in [5.74, 6) is 0.979. The largest absolute Gasteiger partial charge is 0.294 e. The summed E-state index contributed by atoms with van der Waals surface area (Å²) in [6, 6.07) is 1.51. The Hall–Kier alpha value is -0.820. The van der Waals surface area contributed by atoms with Crippen molar-refractivity contribution in [2.45, 2.75) is 57.5 Å². The van der Waals surface area contributed by atoms with Gasteiger partial charge in [-0.1, -0.05) is 56.7 Å². The van der Waals surface area contributed by atoms with Crippen LogP contribution < -0.4 is 0 Å². The predicted molar refractivity (Wildman–Crippen MR) is 79.6 cm³/mol. The number of hydrogen-bond acceptors (Lipinski definition) is 1. The Morgan fingerprint density at radius 1 is 1.06 bits per heavy atom. The number of piperidine rings is 1. The van der Waals surface area contributed by atoms with Crippen LogP contribution in [0, 0.1) is 5.92 Å². The second-order valence-electron chi connectivity index (χ2n) is 5.59. The molecular formula is C17H27N. The van der Waals surface area contributed by atoms with Gasteiger partial charge in [-0.05, 0) is 38.1 Å². The first kappa shape index (κ1) is 13.6. The zero-order chi connectivity index (χ0) is 12.8. The summed E-state index contributed by atoms with van der Waals surface area (Å²) in [7, 11) is 0. The van der Waals surface area contributed by atoms with Gasteiger partial charge in [-0.25, -0.2) is 0 Å². The van der Waals surface area contributed by atoms with Gasteiger partial charge in [0.05, 0.1) is 0 Å². The zero-order valence-corrected chi connectivity index (χ0v) is 11.7. The van der Waals surface area contributed by atoms with Crippen molar-refractivity contribution in [2.24, 2.45) is 5.92 Å². The number of nitrogens with zero attached hydrogens (tertiary/aromatic N) is 1. The quantitative estimate of drug-likeness (QED) is 0.666. The van der Waals surface area contributed by atoms with E-state index in [9.17, 15) is 0 Å². The van der Waals surface area contributed by atoms with Crippen LogP contribution in [-0.2, 0) is 0 Å². The van der Waals surface area contributed by atoms with Gasteiger partial charge in [0.15, 0.2) is 0 Å². The summed E-state index contributed by atoms with van der Waals surface area (Å²) in [4.78, 5) is 2.74. The molecule has 0 bridgehead atoms. The summed E-state index contributed by atoms with van der Waals surface area (Å²) in [5.41, 5.74) is 0. The van der Waals surface area contributed by atoms with E-state index in [0.29, 0.717) is 6.04 Å². The number of likely N-dealkylation sites (tertiary alicyclic amines) is 1. The molecule has 100 valence electrons. The van der Waals surface area contributed by atoms with Crippen LogP contribution in [0.4, 0.5) is 0 Å². The van der Waals surface area contributed by atoms with Crippen LogP contribution in [0.15, 0.2) is 37.0 Å². The minimum atomic E-state index is 0.656. The Bertz CT molecular complexity index is 316. The van der Waals surface area contributed by atoms with E-state index in [2.05, 4.69) is 36.6 Å². The Kier molecular flexibility index (Phi) is 5.25. The van der Waals surface area contributed by atoms with Gasteiger partial charge in [-0.15, -0.1) is 0 Å².